The fourth-order valence-electron chi connectivity index (χ4n) is 2.16. The second-order valence-corrected chi connectivity index (χ2v) is 6.08. The highest BCUT2D eigenvalue weighted by atomic mass is 19.1. The predicted octanol–water partition coefficient (Wildman–Crippen LogP) is 1.76. The molecule has 0 aromatic heterocycles. The van der Waals surface area contributed by atoms with Crippen LogP contribution in [0.1, 0.15) is 30.6 Å². The lowest BCUT2D eigenvalue weighted by Gasteiger charge is -2.27. The van der Waals surface area contributed by atoms with Crippen LogP contribution in [0.4, 0.5) is 10.1 Å². The molecule has 22 heavy (non-hydrogen) atoms. The van der Waals surface area contributed by atoms with Crippen molar-refractivity contribution in [1.29, 1.82) is 0 Å². The van der Waals surface area contributed by atoms with Gasteiger partial charge in [0.05, 0.1) is 5.69 Å². The maximum Gasteiger partial charge on any atom is 0.251 e. The first-order valence-corrected chi connectivity index (χ1v) is 7.54. The zero-order valence-corrected chi connectivity index (χ0v) is 12.9. The first-order chi connectivity index (χ1) is 10.5. The average Bonchev–Trinajstić information content (AvgIpc) is 2.38. The first kappa shape index (κ1) is 16.4. The fourth-order valence-corrected chi connectivity index (χ4v) is 2.16. The van der Waals surface area contributed by atoms with Crippen LogP contribution in [0.5, 0.6) is 0 Å². The van der Waals surface area contributed by atoms with Crippen LogP contribution in [0.25, 0.3) is 0 Å². The highest BCUT2D eigenvalue weighted by Crippen LogP contribution is 2.17. The summed E-state index contributed by atoms with van der Waals surface area (Å²) in [4.78, 5) is 23.6. The summed E-state index contributed by atoms with van der Waals surface area (Å²) in [6.07, 6.45) is 0.330. The molecule has 2 rings (SSSR count). The quantitative estimate of drug-likeness (QED) is 0.750. The minimum Gasteiger partial charge on any atom is -0.352 e. The van der Waals surface area contributed by atoms with Crippen molar-refractivity contribution in [3.63, 3.8) is 0 Å². The molecule has 1 aromatic carbocycles. The van der Waals surface area contributed by atoms with Crippen molar-refractivity contribution in [3.8, 4) is 0 Å². The highest BCUT2D eigenvalue weighted by molar-refractivity contribution is 5.96. The molecule has 1 heterocycles. The number of hydrogen-bond donors (Lipinski definition) is 3. The zero-order chi connectivity index (χ0) is 16.1. The van der Waals surface area contributed by atoms with Gasteiger partial charge in [0, 0.05) is 37.5 Å². The van der Waals surface area contributed by atoms with E-state index in [0.29, 0.717) is 18.9 Å². The second-order valence-electron chi connectivity index (χ2n) is 6.08. The number of carbonyl (C=O) groups is 2. The Morgan fingerprint density at radius 2 is 2.09 bits per heavy atom. The molecule has 1 saturated heterocycles. The van der Waals surface area contributed by atoms with Gasteiger partial charge in [0.25, 0.3) is 5.91 Å². The molecule has 0 atom stereocenters. The lowest BCUT2D eigenvalue weighted by molar-refractivity contribution is -0.116. The Labute approximate surface area is 129 Å². The predicted molar refractivity (Wildman–Crippen MR) is 83.2 cm³/mol. The standard InChI is InChI=1S/C16H22FN3O2/c1-10(2)5-15(21)20-14-4-3-12(6-13(14)17)16(22)19-9-11-7-18-8-11/h3-4,6,10-11,18H,5,7-9H2,1-2H3,(H,19,22)(H,20,21). The summed E-state index contributed by atoms with van der Waals surface area (Å²) in [6, 6.07) is 4.09. The Balaban J connectivity index is 1.93. The Morgan fingerprint density at radius 1 is 1.36 bits per heavy atom. The molecule has 1 fully saturated rings. The van der Waals surface area contributed by atoms with Crippen LogP contribution in [-0.4, -0.2) is 31.4 Å². The van der Waals surface area contributed by atoms with Crippen molar-refractivity contribution in [1.82, 2.24) is 10.6 Å². The number of carbonyl (C=O) groups excluding carboxylic acids is 2. The van der Waals surface area contributed by atoms with E-state index in [9.17, 15) is 14.0 Å². The van der Waals surface area contributed by atoms with Gasteiger partial charge in [0.1, 0.15) is 5.82 Å². The highest BCUT2D eigenvalue weighted by Gasteiger charge is 2.18. The maximum atomic E-state index is 14.0. The molecule has 0 spiro atoms. The van der Waals surface area contributed by atoms with E-state index in [4.69, 9.17) is 0 Å². The molecule has 0 unspecified atom stereocenters. The van der Waals surface area contributed by atoms with Gasteiger partial charge in [-0.05, 0) is 24.1 Å². The van der Waals surface area contributed by atoms with Gasteiger partial charge in [-0.3, -0.25) is 9.59 Å². The third-order valence-corrected chi connectivity index (χ3v) is 3.52. The third-order valence-electron chi connectivity index (χ3n) is 3.52. The molecule has 120 valence electrons. The Morgan fingerprint density at radius 3 is 2.64 bits per heavy atom. The summed E-state index contributed by atoms with van der Waals surface area (Å²) in [5.41, 5.74) is 0.358. The number of rotatable bonds is 6. The molecule has 3 N–H and O–H groups in total. The van der Waals surface area contributed by atoms with Crippen molar-refractivity contribution in [2.45, 2.75) is 20.3 Å². The van der Waals surface area contributed by atoms with Crippen molar-refractivity contribution < 1.29 is 14.0 Å². The normalized spacial score (nSPS) is 14.5. The SMILES string of the molecule is CC(C)CC(=O)Nc1ccc(C(=O)NCC2CNC2)cc1F. The molecule has 0 bridgehead atoms. The van der Waals surface area contributed by atoms with Gasteiger partial charge in [-0.2, -0.15) is 0 Å². The topological polar surface area (TPSA) is 70.2 Å². The monoisotopic (exact) mass is 307 g/mol. The molecule has 2 amide bonds. The van der Waals surface area contributed by atoms with Crippen molar-refractivity contribution in [3.05, 3.63) is 29.6 Å². The van der Waals surface area contributed by atoms with Crippen molar-refractivity contribution in [2.24, 2.45) is 11.8 Å². The largest absolute Gasteiger partial charge is 0.352 e. The number of amides is 2. The van der Waals surface area contributed by atoms with E-state index in [1.165, 1.54) is 12.1 Å². The van der Waals surface area contributed by atoms with Gasteiger partial charge in [0.2, 0.25) is 5.91 Å². The molecular weight excluding hydrogens is 285 g/mol. The summed E-state index contributed by atoms with van der Waals surface area (Å²) in [6.45, 7) is 6.22. The van der Waals surface area contributed by atoms with Crippen LogP contribution in [0.2, 0.25) is 0 Å². The van der Waals surface area contributed by atoms with Crippen LogP contribution in [0.15, 0.2) is 18.2 Å². The Bertz CT molecular complexity index is 556. The van der Waals surface area contributed by atoms with E-state index >= 15 is 0 Å². The van der Waals surface area contributed by atoms with Crippen LogP contribution in [0, 0.1) is 17.7 Å². The van der Waals surface area contributed by atoms with Crippen molar-refractivity contribution >= 4 is 17.5 Å². The first-order valence-electron chi connectivity index (χ1n) is 7.54. The van der Waals surface area contributed by atoms with Crippen LogP contribution < -0.4 is 16.0 Å². The average molecular weight is 307 g/mol. The smallest absolute Gasteiger partial charge is 0.251 e. The summed E-state index contributed by atoms with van der Waals surface area (Å²) in [5, 5.41) is 8.43. The summed E-state index contributed by atoms with van der Waals surface area (Å²) < 4.78 is 14.0. The lowest BCUT2D eigenvalue weighted by atomic mass is 10.0. The number of benzene rings is 1. The molecule has 1 aliphatic rings. The third kappa shape index (κ3) is 4.53. The lowest BCUT2D eigenvalue weighted by Crippen LogP contribution is -2.48. The van der Waals surface area contributed by atoms with Gasteiger partial charge in [-0.25, -0.2) is 4.39 Å². The molecule has 0 saturated carbocycles. The molecule has 1 aliphatic heterocycles. The second kappa shape index (κ2) is 7.35. The molecular formula is C16H22FN3O2. The summed E-state index contributed by atoms with van der Waals surface area (Å²) >= 11 is 0. The van der Waals surface area contributed by atoms with Gasteiger partial charge in [-0.15, -0.1) is 0 Å². The molecule has 5 nitrogen and oxygen atoms in total. The van der Waals surface area contributed by atoms with Gasteiger partial charge in [0.15, 0.2) is 0 Å². The van der Waals surface area contributed by atoms with Crippen LogP contribution >= 0.6 is 0 Å². The van der Waals surface area contributed by atoms with Gasteiger partial charge in [-0.1, -0.05) is 13.8 Å². The summed E-state index contributed by atoms with van der Waals surface area (Å²) in [7, 11) is 0. The Hall–Kier alpha value is -1.95. The fraction of sp³-hybridized carbons (Fsp3) is 0.500. The van der Waals surface area contributed by atoms with E-state index in [1.54, 1.807) is 0 Å². The molecule has 0 aliphatic carbocycles. The Kier molecular flexibility index (Phi) is 5.49. The molecule has 0 radical (unpaired) electrons. The minimum atomic E-state index is -0.602. The zero-order valence-electron chi connectivity index (χ0n) is 12.9. The number of hydrogen-bond acceptors (Lipinski definition) is 3. The van der Waals surface area contributed by atoms with Crippen LogP contribution in [-0.2, 0) is 4.79 Å². The summed E-state index contributed by atoms with van der Waals surface area (Å²) in [5.74, 6) is -0.484. The number of halogens is 1. The maximum absolute atomic E-state index is 14.0. The molecule has 6 heteroatoms. The van der Waals surface area contributed by atoms with E-state index in [0.717, 1.165) is 19.2 Å². The van der Waals surface area contributed by atoms with E-state index in [1.807, 2.05) is 13.8 Å². The van der Waals surface area contributed by atoms with Gasteiger partial charge >= 0.3 is 0 Å². The van der Waals surface area contributed by atoms with E-state index in [2.05, 4.69) is 16.0 Å². The number of anilines is 1. The van der Waals surface area contributed by atoms with Crippen molar-refractivity contribution in [2.75, 3.05) is 25.0 Å². The van der Waals surface area contributed by atoms with Gasteiger partial charge < -0.3 is 16.0 Å². The van der Waals surface area contributed by atoms with E-state index < -0.39 is 5.82 Å². The number of nitrogens with one attached hydrogen (secondary N) is 3. The van der Waals surface area contributed by atoms with Crippen LogP contribution in [0.3, 0.4) is 0 Å². The molecule has 1 aromatic rings. The minimum absolute atomic E-state index is 0.102. The van der Waals surface area contributed by atoms with E-state index in [-0.39, 0.29) is 29.0 Å².